The van der Waals surface area contributed by atoms with Gasteiger partial charge in [0.05, 0.1) is 5.56 Å². The molecule has 118 valence electrons. The van der Waals surface area contributed by atoms with Crippen LogP contribution in [0.4, 0.5) is 18.9 Å². The summed E-state index contributed by atoms with van der Waals surface area (Å²) in [4.78, 5) is 3.97. The topological polar surface area (TPSA) is 32.5 Å². The Hall–Kier alpha value is -1.27. The summed E-state index contributed by atoms with van der Waals surface area (Å²) in [5, 5.41) is 0. The third kappa shape index (κ3) is 4.11. The molecule has 0 amide bonds. The van der Waals surface area contributed by atoms with Crippen molar-refractivity contribution in [3.8, 4) is 0 Å². The van der Waals surface area contributed by atoms with E-state index in [1.54, 1.807) is 18.0 Å². The second kappa shape index (κ2) is 6.66. The minimum Gasteiger partial charge on any atom is -0.373 e. The van der Waals surface area contributed by atoms with E-state index >= 15 is 0 Å². The quantitative estimate of drug-likeness (QED) is 0.907. The van der Waals surface area contributed by atoms with E-state index in [2.05, 4.69) is 4.90 Å². The summed E-state index contributed by atoms with van der Waals surface area (Å²) in [6.07, 6.45) is -1.99. The van der Waals surface area contributed by atoms with Crippen molar-refractivity contribution < 1.29 is 13.2 Å². The van der Waals surface area contributed by atoms with E-state index in [4.69, 9.17) is 5.73 Å². The van der Waals surface area contributed by atoms with Crippen LogP contribution >= 0.6 is 0 Å². The van der Waals surface area contributed by atoms with E-state index in [1.807, 2.05) is 0 Å². The predicted molar refractivity (Wildman–Crippen MR) is 78.3 cm³/mol. The number of anilines is 1. The number of likely N-dealkylation sites (tertiary alicyclic amines) is 1. The molecule has 1 aromatic carbocycles. The first-order valence-corrected chi connectivity index (χ1v) is 7.25. The summed E-state index contributed by atoms with van der Waals surface area (Å²) in [7, 11) is 1.71. The highest BCUT2D eigenvalue weighted by molar-refractivity contribution is 5.56. The second-order valence-corrected chi connectivity index (χ2v) is 5.52. The normalized spacial score (nSPS) is 16.4. The summed E-state index contributed by atoms with van der Waals surface area (Å²) in [6, 6.07) is 4.34. The molecule has 0 unspecified atom stereocenters. The summed E-state index contributed by atoms with van der Waals surface area (Å²) in [6.45, 7) is 3.59. The Bertz CT molecular complexity index is 468. The molecular weight excluding hydrogens is 279 g/mol. The number of nitrogens with two attached hydrogens (primary N) is 1. The first-order chi connectivity index (χ1) is 9.91. The molecule has 1 fully saturated rings. The van der Waals surface area contributed by atoms with Crippen molar-refractivity contribution in [1.29, 1.82) is 0 Å². The standard InChI is InChI=1S/C15H22F3N3/c1-20(8-9-21-6-2-3-7-21)14-5-4-12(11-19)10-13(14)15(16,17)18/h4-5,10H,2-3,6-9,11,19H2,1H3. The number of benzene rings is 1. The van der Waals surface area contributed by atoms with Crippen molar-refractivity contribution in [3.63, 3.8) is 0 Å². The molecule has 0 radical (unpaired) electrons. The largest absolute Gasteiger partial charge is 0.418 e. The number of halogens is 3. The molecule has 3 nitrogen and oxygen atoms in total. The van der Waals surface area contributed by atoms with Gasteiger partial charge in [-0.1, -0.05) is 6.07 Å². The molecule has 1 aliphatic rings. The monoisotopic (exact) mass is 301 g/mol. The first-order valence-electron chi connectivity index (χ1n) is 7.25. The summed E-state index contributed by atoms with van der Waals surface area (Å²) < 4.78 is 39.6. The van der Waals surface area contributed by atoms with Crippen LogP contribution in [0, 0.1) is 0 Å². The van der Waals surface area contributed by atoms with Gasteiger partial charge in [0.25, 0.3) is 0 Å². The lowest BCUT2D eigenvalue weighted by Gasteiger charge is -2.26. The Morgan fingerprint density at radius 3 is 2.48 bits per heavy atom. The van der Waals surface area contributed by atoms with Crippen LogP contribution in [0.15, 0.2) is 18.2 Å². The molecule has 0 aliphatic carbocycles. The lowest BCUT2D eigenvalue weighted by Crippen LogP contribution is -2.32. The lowest BCUT2D eigenvalue weighted by atomic mass is 10.1. The number of hydrogen-bond donors (Lipinski definition) is 1. The Morgan fingerprint density at radius 1 is 1.24 bits per heavy atom. The average Bonchev–Trinajstić information content (AvgIpc) is 2.96. The first kappa shape index (κ1) is 16.1. The SMILES string of the molecule is CN(CCN1CCCC1)c1ccc(CN)cc1C(F)(F)F. The van der Waals surface area contributed by atoms with Gasteiger partial charge in [-0.2, -0.15) is 13.2 Å². The van der Waals surface area contributed by atoms with Crippen LogP contribution in [-0.4, -0.2) is 38.1 Å². The minimum absolute atomic E-state index is 0.112. The number of nitrogens with zero attached hydrogens (tertiary/aromatic N) is 2. The van der Waals surface area contributed by atoms with Gasteiger partial charge in [-0.25, -0.2) is 0 Å². The number of hydrogen-bond acceptors (Lipinski definition) is 3. The van der Waals surface area contributed by atoms with E-state index in [9.17, 15) is 13.2 Å². The summed E-state index contributed by atoms with van der Waals surface area (Å²) in [5.41, 5.74) is 5.56. The van der Waals surface area contributed by atoms with Crippen molar-refractivity contribution >= 4 is 5.69 Å². The molecule has 1 aromatic rings. The van der Waals surface area contributed by atoms with Gasteiger partial charge in [0.1, 0.15) is 0 Å². The van der Waals surface area contributed by atoms with E-state index in [0.29, 0.717) is 12.1 Å². The fourth-order valence-corrected chi connectivity index (χ4v) is 2.69. The molecule has 1 heterocycles. The minimum atomic E-state index is -4.36. The maximum Gasteiger partial charge on any atom is 0.418 e. The third-order valence-corrected chi connectivity index (χ3v) is 3.96. The summed E-state index contributed by atoms with van der Waals surface area (Å²) >= 11 is 0. The maximum absolute atomic E-state index is 13.2. The Balaban J connectivity index is 2.13. The highest BCUT2D eigenvalue weighted by Gasteiger charge is 2.34. The molecule has 2 rings (SSSR count). The molecular formula is C15H22F3N3. The lowest BCUT2D eigenvalue weighted by molar-refractivity contribution is -0.137. The van der Waals surface area contributed by atoms with Gasteiger partial charge >= 0.3 is 6.18 Å². The molecule has 0 saturated carbocycles. The zero-order chi connectivity index (χ0) is 15.5. The van der Waals surface area contributed by atoms with Gasteiger partial charge in [-0.15, -0.1) is 0 Å². The molecule has 0 atom stereocenters. The van der Waals surface area contributed by atoms with E-state index < -0.39 is 11.7 Å². The van der Waals surface area contributed by atoms with Crippen molar-refractivity contribution in [1.82, 2.24) is 4.90 Å². The smallest absolute Gasteiger partial charge is 0.373 e. The van der Waals surface area contributed by atoms with Gasteiger partial charge < -0.3 is 15.5 Å². The molecule has 0 aromatic heterocycles. The number of likely N-dealkylation sites (N-methyl/N-ethyl adjacent to an activating group) is 1. The highest BCUT2D eigenvalue weighted by Crippen LogP contribution is 2.36. The fraction of sp³-hybridized carbons (Fsp3) is 0.600. The molecule has 1 aliphatic heterocycles. The van der Waals surface area contributed by atoms with E-state index in [1.165, 1.54) is 18.9 Å². The Labute approximate surface area is 123 Å². The molecule has 0 bridgehead atoms. The van der Waals surface area contributed by atoms with Crippen molar-refractivity contribution in [2.45, 2.75) is 25.6 Å². The average molecular weight is 301 g/mol. The van der Waals surface area contributed by atoms with Crippen LogP contribution in [-0.2, 0) is 12.7 Å². The Kier molecular flexibility index (Phi) is 5.11. The molecule has 0 spiro atoms. The zero-order valence-corrected chi connectivity index (χ0v) is 12.3. The van der Waals surface area contributed by atoms with Crippen molar-refractivity contribution in [3.05, 3.63) is 29.3 Å². The predicted octanol–water partition coefficient (Wildman–Crippen LogP) is 2.70. The Morgan fingerprint density at radius 2 is 1.90 bits per heavy atom. The van der Waals surface area contributed by atoms with Crippen LogP contribution in [0.25, 0.3) is 0 Å². The summed E-state index contributed by atoms with van der Waals surface area (Å²) in [5.74, 6) is 0. The van der Waals surface area contributed by atoms with Gasteiger partial charge in [-0.05, 0) is 43.6 Å². The van der Waals surface area contributed by atoms with Crippen LogP contribution < -0.4 is 10.6 Å². The number of alkyl halides is 3. The molecule has 1 saturated heterocycles. The maximum atomic E-state index is 13.2. The van der Waals surface area contributed by atoms with Gasteiger partial charge in [0.2, 0.25) is 0 Å². The van der Waals surface area contributed by atoms with E-state index in [0.717, 1.165) is 25.7 Å². The molecule has 21 heavy (non-hydrogen) atoms. The van der Waals surface area contributed by atoms with Crippen molar-refractivity contribution in [2.75, 3.05) is 38.1 Å². The van der Waals surface area contributed by atoms with Crippen LogP contribution in [0.2, 0.25) is 0 Å². The fourth-order valence-electron chi connectivity index (χ4n) is 2.69. The van der Waals surface area contributed by atoms with Gasteiger partial charge in [0, 0.05) is 32.4 Å². The molecule has 2 N–H and O–H groups in total. The second-order valence-electron chi connectivity index (χ2n) is 5.52. The van der Waals surface area contributed by atoms with Crippen LogP contribution in [0.1, 0.15) is 24.0 Å². The molecule has 6 heteroatoms. The van der Waals surface area contributed by atoms with Crippen LogP contribution in [0.3, 0.4) is 0 Å². The third-order valence-electron chi connectivity index (χ3n) is 3.96. The van der Waals surface area contributed by atoms with Crippen molar-refractivity contribution in [2.24, 2.45) is 5.73 Å². The number of rotatable bonds is 5. The zero-order valence-electron chi connectivity index (χ0n) is 12.3. The highest BCUT2D eigenvalue weighted by atomic mass is 19.4. The van der Waals surface area contributed by atoms with Gasteiger partial charge in [0.15, 0.2) is 0 Å². The van der Waals surface area contributed by atoms with E-state index in [-0.39, 0.29) is 12.2 Å². The van der Waals surface area contributed by atoms with Gasteiger partial charge in [-0.3, -0.25) is 0 Å². The van der Waals surface area contributed by atoms with Crippen LogP contribution in [0.5, 0.6) is 0 Å².